The molecule has 4 aromatic rings. The number of hydrogen-bond acceptors (Lipinski definition) is 6. The largest absolute Gasteiger partial charge is 0.355 e. The monoisotopic (exact) mass is 393 g/mol. The Balaban J connectivity index is 1.54. The Kier molecular flexibility index (Phi) is 4.16. The van der Waals surface area contributed by atoms with Crippen LogP contribution in [-0.4, -0.2) is 58.7 Å². The summed E-state index contributed by atoms with van der Waals surface area (Å²) in [6, 6.07) is 8.15. The fraction of sp³-hybridized carbons (Fsp3) is 0.263. The molecule has 3 aromatic heterocycles. The maximum absolute atomic E-state index is 11.6. The second kappa shape index (κ2) is 6.83. The number of hydrogen-bond donors (Lipinski definition) is 1. The van der Waals surface area contributed by atoms with Gasteiger partial charge in [0.15, 0.2) is 0 Å². The summed E-state index contributed by atoms with van der Waals surface area (Å²) in [6.45, 7) is 1.49. The lowest BCUT2D eigenvalue weighted by Gasteiger charge is -2.27. The van der Waals surface area contributed by atoms with Gasteiger partial charge in [-0.05, 0) is 17.7 Å². The smallest absolute Gasteiger partial charge is 0.132 e. The molecule has 9 heteroatoms. The summed E-state index contributed by atoms with van der Waals surface area (Å²) in [5.41, 5.74) is 4.66. The fourth-order valence-electron chi connectivity index (χ4n) is 3.48. The number of rotatable bonds is 3. The third-order valence-corrected chi connectivity index (χ3v) is 6.27. The number of H-pyrrole nitrogens is 1. The minimum atomic E-state index is -0.717. The maximum Gasteiger partial charge on any atom is 0.132 e. The average molecular weight is 393 g/mol. The van der Waals surface area contributed by atoms with E-state index in [2.05, 4.69) is 42.3 Å². The van der Waals surface area contributed by atoms with Crippen LogP contribution < -0.4 is 4.90 Å². The molecule has 1 aliphatic rings. The van der Waals surface area contributed by atoms with E-state index in [1.54, 1.807) is 11.0 Å². The summed E-state index contributed by atoms with van der Waals surface area (Å²) in [5.74, 6) is 2.21. The Morgan fingerprint density at radius 3 is 2.75 bits per heavy atom. The molecule has 0 bridgehead atoms. The van der Waals surface area contributed by atoms with Crippen molar-refractivity contribution in [2.45, 2.75) is 0 Å². The van der Waals surface area contributed by atoms with Crippen LogP contribution in [0.4, 0.5) is 5.82 Å². The SMILES string of the molecule is Cn1cc(-c2ccc3[nH]nc(-c4cc(N5CCS(=O)CC5)ncn4)c3c2)cn1. The molecular weight excluding hydrogens is 374 g/mol. The maximum atomic E-state index is 11.6. The summed E-state index contributed by atoms with van der Waals surface area (Å²) >= 11 is 0. The lowest BCUT2D eigenvalue weighted by atomic mass is 10.1. The average Bonchev–Trinajstić information content (AvgIpc) is 3.34. The molecule has 0 spiro atoms. The van der Waals surface area contributed by atoms with Crippen LogP contribution in [0.15, 0.2) is 43.0 Å². The van der Waals surface area contributed by atoms with Gasteiger partial charge in [0.25, 0.3) is 0 Å². The molecule has 1 fully saturated rings. The van der Waals surface area contributed by atoms with E-state index in [0.717, 1.165) is 52.3 Å². The number of aromatic nitrogens is 6. The predicted molar refractivity (Wildman–Crippen MR) is 109 cm³/mol. The van der Waals surface area contributed by atoms with Crippen molar-refractivity contribution in [1.29, 1.82) is 0 Å². The molecule has 1 aliphatic heterocycles. The second-order valence-electron chi connectivity index (χ2n) is 6.83. The minimum absolute atomic E-state index is 0.680. The van der Waals surface area contributed by atoms with Gasteiger partial charge in [-0.2, -0.15) is 10.2 Å². The zero-order chi connectivity index (χ0) is 19.1. The van der Waals surface area contributed by atoms with Crippen LogP contribution in [0.3, 0.4) is 0 Å². The van der Waals surface area contributed by atoms with E-state index in [-0.39, 0.29) is 0 Å². The van der Waals surface area contributed by atoms with Gasteiger partial charge in [0.05, 0.1) is 17.4 Å². The first-order valence-corrected chi connectivity index (χ1v) is 10.6. The zero-order valence-electron chi connectivity index (χ0n) is 15.4. The van der Waals surface area contributed by atoms with E-state index in [4.69, 9.17) is 0 Å². The number of nitrogens with one attached hydrogen (secondary N) is 1. The zero-order valence-corrected chi connectivity index (χ0v) is 16.2. The van der Waals surface area contributed by atoms with E-state index in [1.165, 1.54) is 0 Å². The Hall–Kier alpha value is -3.07. The second-order valence-corrected chi connectivity index (χ2v) is 8.53. The number of benzene rings is 1. The predicted octanol–water partition coefficient (Wildman–Crippen LogP) is 1.99. The first kappa shape index (κ1) is 17.1. The molecule has 0 atom stereocenters. The summed E-state index contributed by atoms with van der Waals surface area (Å²) in [7, 11) is 1.19. The molecule has 1 aromatic carbocycles. The van der Waals surface area contributed by atoms with E-state index < -0.39 is 10.8 Å². The van der Waals surface area contributed by atoms with Crippen molar-refractivity contribution in [3.63, 3.8) is 0 Å². The van der Waals surface area contributed by atoms with Crippen molar-refractivity contribution >= 4 is 27.5 Å². The molecule has 0 radical (unpaired) electrons. The van der Waals surface area contributed by atoms with Crippen molar-refractivity contribution in [1.82, 2.24) is 29.9 Å². The van der Waals surface area contributed by atoms with Gasteiger partial charge in [-0.3, -0.25) is 14.0 Å². The normalized spacial score (nSPS) is 15.4. The van der Waals surface area contributed by atoms with Crippen LogP contribution in [-0.2, 0) is 17.8 Å². The summed E-state index contributed by atoms with van der Waals surface area (Å²) in [5, 5.41) is 12.9. The summed E-state index contributed by atoms with van der Waals surface area (Å²) in [4.78, 5) is 11.0. The van der Waals surface area contributed by atoms with Crippen LogP contribution >= 0.6 is 0 Å². The molecule has 8 nitrogen and oxygen atoms in total. The van der Waals surface area contributed by atoms with Gasteiger partial charge < -0.3 is 4.90 Å². The molecular formula is C19H19N7OS. The number of fused-ring (bicyclic) bond motifs is 1. The Labute approximate surface area is 164 Å². The molecule has 5 rings (SSSR count). The quantitative estimate of drug-likeness (QED) is 0.572. The van der Waals surface area contributed by atoms with Gasteiger partial charge >= 0.3 is 0 Å². The minimum Gasteiger partial charge on any atom is -0.355 e. The van der Waals surface area contributed by atoms with Gasteiger partial charge in [-0.25, -0.2) is 9.97 Å². The van der Waals surface area contributed by atoms with Gasteiger partial charge in [-0.1, -0.05) is 6.07 Å². The molecule has 0 aliphatic carbocycles. The molecule has 142 valence electrons. The highest BCUT2D eigenvalue weighted by atomic mass is 32.2. The third-order valence-electron chi connectivity index (χ3n) is 5.00. The number of nitrogens with zero attached hydrogens (tertiary/aromatic N) is 6. The molecule has 0 unspecified atom stereocenters. The third kappa shape index (κ3) is 3.07. The lowest BCUT2D eigenvalue weighted by Crippen LogP contribution is -2.38. The first-order chi connectivity index (χ1) is 13.7. The van der Waals surface area contributed by atoms with Gasteiger partial charge in [0.1, 0.15) is 17.8 Å². The number of aryl methyl sites for hydroxylation is 1. The Morgan fingerprint density at radius 1 is 1.11 bits per heavy atom. The van der Waals surface area contributed by atoms with E-state index in [0.29, 0.717) is 11.5 Å². The first-order valence-electron chi connectivity index (χ1n) is 9.07. The van der Waals surface area contributed by atoms with Crippen LogP contribution in [0.1, 0.15) is 0 Å². The van der Waals surface area contributed by atoms with Crippen LogP contribution in [0.25, 0.3) is 33.4 Å². The molecule has 0 amide bonds. The Morgan fingerprint density at radius 2 is 1.96 bits per heavy atom. The van der Waals surface area contributed by atoms with Crippen molar-refractivity contribution in [3.8, 4) is 22.5 Å². The topological polar surface area (TPSA) is 92.6 Å². The van der Waals surface area contributed by atoms with Gasteiger partial charge in [0, 0.05) is 65.7 Å². The summed E-state index contributed by atoms with van der Waals surface area (Å²) < 4.78 is 13.4. The van der Waals surface area contributed by atoms with E-state index in [1.807, 2.05) is 31.6 Å². The van der Waals surface area contributed by atoms with Gasteiger partial charge in [-0.15, -0.1) is 0 Å². The molecule has 1 saturated heterocycles. The number of anilines is 1. The highest BCUT2D eigenvalue weighted by Crippen LogP contribution is 2.30. The molecule has 28 heavy (non-hydrogen) atoms. The van der Waals surface area contributed by atoms with Crippen LogP contribution in [0, 0.1) is 0 Å². The molecule has 1 N–H and O–H groups in total. The van der Waals surface area contributed by atoms with Crippen molar-refractivity contribution in [2.24, 2.45) is 7.05 Å². The summed E-state index contributed by atoms with van der Waals surface area (Å²) in [6.07, 6.45) is 5.41. The molecule has 4 heterocycles. The van der Waals surface area contributed by atoms with Gasteiger partial charge in [0.2, 0.25) is 0 Å². The van der Waals surface area contributed by atoms with Crippen LogP contribution in [0.5, 0.6) is 0 Å². The lowest BCUT2D eigenvalue weighted by molar-refractivity contribution is 0.672. The standard InChI is InChI=1S/C19H19N7OS/c1-25-11-14(10-22-25)13-2-3-16-15(8-13)19(24-23-16)17-9-18(21-12-20-17)26-4-6-28(27)7-5-26/h2-3,8-12H,4-7H2,1H3,(H,23,24). The van der Waals surface area contributed by atoms with Crippen molar-refractivity contribution in [3.05, 3.63) is 43.0 Å². The van der Waals surface area contributed by atoms with Crippen molar-refractivity contribution < 1.29 is 4.21 Å². The Bertz CT molecular complexity index is 1170. The van der Waals surface area contributed by atoms with Crippen LogP contribution in [0.2, 0.25) is 0 Å². The van der Waals surface area contributed by atoms with E-state index >= 15 is 0 Å². The molecule has 0 saturated carbocycles. The number of aromatic amines is 1. The fourth-order valence-corrected chi connectivity index (χ4v) is 4.53. The van der Waals surface area contributed by atoms with Crippen molar-refractivity contribution in [2.75, 3.05) is 29.5 Å². The highest BCUT2D eigenvalue weighted by molar-refractivity contribution is 7.85. The highest BCUT2D eigenvalue weighted by Gasteiger charge is 2.18. The van der Waals surface area contributed by atoms with E-state index in [9.17, 15) is 4.21 Å².